The van der Waals surface area contributed by atoms with E-state index in [-0.39, 0.29) is 11.9 Å². The van der Waals surface area contributed by atoms with Gasteiger partial charge in [0.2, 0.25) is 5.91 Å². The molecule has 1 aliphatic heterocycles. The molecule has 0 aliphatic carbocycles. The van der Waals surface area contributed by atoms with Gasteiger partial charge in [-0.2, -0.15) is 5.26 Å². The van der Waals surface area contributed by atoms with Crippen LogP contribution in [0.1, 0.15) is 43.1 Å². The van der Waals surface area contributed by atoms with E-state index in [0.717, 1.165) is 47.7 Å². The second-order valence-corrected chi connectivity index (χ2v) is 9.23. The highest BCUT2D eigenvalue weighted by Crippen LogP contribution is 2.29. The van der Waals surface area contributed by atoms with Crippen molar-refractivity contribution in [3.8, 4) is 6.07 Å². The lowest BCUT2D eigenvalue weighted by Crippen LogP contribution is -2.41. The van der Waals surface area contributed by atoms with Crippen LogP contribution in [0.25, 0.3) is 0 Å². The molecule has 2 atom stereocenters. The molecular weight excluding hydrogens is 402 g/mol. The lowest BCUT2D eigenvalue weighted by Gasteiger charge is -2.30. The number of nitriles is 1. The van der Waals surface area contributed by atoms with Gasteiger partial charge in [-0.3, -0.25) is 9.69 Å². The van der Waals surface area contributed by atoms with Crippen LogP contribution < -0.4 is 5.32 Å². The van der Waals surface area contributed by atoms with Crippen molar-refractivity contribution in [3.05, 3.63) is 46.7 Å². The van der Waals surface area contributed by atoms with Crippen LogP contribution in [-0.4, -0.2) is 40.8 Å². The van der Waals surface area contributed by atoms with Crippen LogP contribution in [0.15, 0.2) is 46.7 Å². The molecule has 0 unspecified atom stereocenters. The molecule has 7 heteroatoms. The lowest BCUT2D eigenvalue weighted by atomic mass is 10.0. The first kappa shape index (κ1) is 21.8. The summed E-state index contributed by atoms with van der Waals surface area (Å²) >= 11 is 3.00. The van der Waals surface area contributed by atoms with Crippen molar-refractivity contribution in [3.63, 3.8) is 0 Å². The zero-order chi connectivity index (χ0) is 20.5. The van der Waals surface area contributed by atoms with Crippen LogP contribution in [0.4, 0.5) is 5.69 Å². The molecule has 0 bridgehead atoms. The Morgan fingerprint density at radius 2 is 2.17 bits per heavy atom. The number of anilines is 1. The van der Waals surface area contributed by atoms with Gasteiger partial charge < -0.3 is 10.4 Å². The third-order valence-electron chi connectivity index (χ3n) is 5.17. The number of nitrogens with zero attached hydrogens (tertiary/aromatic N) is 2. The van der Waals surface area contributed by atoms with E-state index < -0.39 is 6.10 Å². The van der Waals surface area contributed by atoms with Crippen molar-refractivity contribution in [2.45, 2.75) is 49.1 Å². The minimum Gasteiger partial charge on any atom is -0.388 e. The van der Waals surface area contributed by atoms with Gasteiger partial charge in [0.15, 0.2) is 0 Å². The molecular formula is C22H27N3O2S2. The number of hydrogen-bond acceptors (Lipinski definition) is 6. The number of benzene rings is 1. The zero-order valence-electron chi connectivity index (χ0n) is 16.4. The first-order chi connectivity index (χ1) is 14.2. The van der Waals surface area contributed by atoms with E-state index >= 15 is 0 Å². The molecule has 0 radical (unpaired) electrons. The summed E-state index contributed by atoms with van der Waals surface area (Å²) in [5.41, 5.74) is 0.753. The molecule has 2 heterocycles. The minimum absolute atomic E-state index is 0.0486. The van der Waals surface area contributed by atoms with Gasteiger partial charge in [0.05, 0.1) is 30.2 Å². The van der Waals surface area contributed by atoms with Crippen LogP contribution in [0, 0.1) is 11.3 Å². The van der Waals surface area contributed by atoms with Gasteiger partial charge in [-0.25, -0.2) is 0 Å². The molecule has 29 heavy (non-hydrogen) atoms. The summed E-state index contributed by atoms with van der Waals surface area (Å²) in [4.78, 5) is 16.9. The van der Waals surface area contributed by atoms with Gasteiger partial charge >= 0.3 is 0 Å². The number of nitrogens with one attached hydrogen (secondary N) is 1. The molecule has 154 valence electrons. The van der Waals surface area contributed by atoms with E-state index in [1.807, 2.05) is 41.8 Å². The Hall–Kier alpha value is -1.85. The minimum atomic E-state index is -0.480. The number of hydrogen-bond donors (Lipinski definition) is 2. The first-order valence-corrected chi connectivity index (χ1v) is 11.9. The van der Waals surface area contributed by atoms with E-state index in [4.69, 9.17) is 5.26 Å². The third kappa shape index (κ3) is 6.58. The molecule has 0 spiro atoms. The van der Waals surface area contributed by atoms with Gasteiger partial charge in [-0.05, 0) is 49.4 Å². The van der Waals surface area contributed by atoms with Crippen molar-refractivity contribution in [2.75, 3.05) is 24.2 Å². The monoisotopic (exact) mass is 429 g/mol. The molecule has 5 nitrogen and oxygen atoms in total. The van der Waals surface area contributed by atoms with Crippen LogP contribution >= 0.6 is 23.1 Å². The fourth-order valence-electron chi connectivity index (χ4n) is 3.75. The van der Waals surface area contributed by atoms with Gasteiger partial charge in [0.25, 0.3) is 0 Å². The molecule has 2 aromatic rings. The van der Waals surface area contributed by atoms with E-state index in [1.165, 1.54) is 11.8 Å². The number of thioether (sulfide) groups is 1. The number of aliphatic hydroxyl groups excluding tert-OH is 1. The van der Waals surface area contributed by atoms with Gasteiger partial charge in [0.1, 0.15) is 0 Å². The average Bonchev–Trinajstić information content (AvgIpc) is 3.18. The van der Waals surface area contributed by atoms with E-state index in [2.05, 4.69) is 16.3 Å². The zero-order valence-corrected chi connectivity index (χ0v) is 18.1. The molecule has 1 fully saturated rings. The fraction of sp³-hybridized carbons (Fsp3) is 0.455. The molecule has 0 saturated carbocycles. The molecule has 1 aromatic carbocycles. The summed E-state index contributed by atoms with van der Waals surface area (Å²) in [5, 5.41) is 24.4. The van der Waals surface area contributed by atoms with Crippen molar-refractivity contribution >= 4 is 34.7 Å². The van der Waals surface area contributed by atoms with E-state index in [1.54, 1.807) is 11.3 Å². The first-order valence-electron chi connectivity index (χ1n) is 10.0. The number of carbonyl (C=O) groups is 1. The summed E-state index contributed by atoms with van der Waals surface area (Å²) in [6.07, 6.45) is 4.55. The molecule has 1 aliphatic rings. The standard InChI is InChI=1S/C22H27N3O2S2/c23-11-14-29-20-9-4-3-8-18(20)24-22(27)16-25-12-5-1-2-7-17(25)15-19(26)21-10-6-13-28-21/h3-4,6,8-10,13,17,19,26H,1-2,5,7,12,14-16H2,(H,24,27)/t17-,19-/m1/s1. The number of para-hydroxylation sites is 1. The van der Waals surface area contributed by atoms with Crippen LogP contribution in [0.5, 0.6) is 0 Å². The Morgan fingerprint density at radius 1 is 1.31 bits per heavy atom. The molecule has 2 N–H and O–H groups in total. The van der Waals surface area contributed by atoms with Crippen LogP contribution in [-0.2, 0) is 4.79 Å². The summed E-state index contributed by atoms with van der Waals surface area (Å²) in [6, 6.07) is 13.8. The van der Waals surface area contributed by atoms with Gasteiger partial charge in [-0.1, -0.05) is 31.0 Å². The topological polar surface area (TPSA) is 76.4 Å². The van der Waals surface area contributed by atoms with E-state index in [9.17, 15) is 9.90 Å². The van der Waals surface area contributed by atoms with E-state index in [0.29, 0.717) is 18.7 Å². The number of thiophene rings is 1. The second kappa shape index (κ2) is 11.4. The van der Waals surface area contributed by atoms with Crippen molar-refractivity contribution < 1.29 is 9.90 Å². The maximum atomic E-state index is 12.8. The molecule has 1 saturated heterocycles. The van der Waals surface area contributed by atoms with Crippen molar-refractivity contribution in [1.29, 1.82) is 5.26 Å². The van der Waals surface area contributed by atoms with Gasteiger partial charge in [-0.15, -0.1) is 23.1 Å². The van der Waals surface area contributed by atoms with Crippen LogP contribution in [0.3, 0.4) is 0 Å². The number of amides is 1. The Labute approximate surface area is 180 Å². The molecule has 3 rings (SSSR count). The highest BCUT2D eigenvalue weighted by atomic mass is 32.2. The van der Waals surface area contributed by atoms with Crippen molar-refractivity contribution in [1.82, 2.24) is 4.90 Å². The number of likely N-dealkylation sites (tertiary alicyclic amines) is 1. The number of aliphatic hydroxyl groups is 1. The quantitative estimate of drug-likeness (QED) is 0.596. The van der Waals surface area contributed by atoms with Crippen LogP contribution in [0.2, 0.25) is 0 Å². The molecule has 1 amide bonds. The SMILES string of the molecule is N#CCSc1ccccc1NC(=O)CN1CCCCC[C@@H]1C[C@@H](O)c1cccs1. The molecule has 1 aromatic heterocycles. The largest absolute Gasteiger partial charge is 0.388 e. The third-order valence-corrected chi connectivity index (χ3v) is 7.08. The summed E-state index contributed by atoms with van der Waals surface area (Å²) in [6.45, 7) is 1.19. The average molecular weight is 430 g/mol. The predicted octanol–water partition coefficient (Wildman–Crippen LogP) is 4.67. The Balaban J connectivity index is 1.63. The number of carbonyl (C=O) groups excluding carboxylic acids is 1. The maximum absolute atomic E-state index is 12.8. The lowest BCUT2D eigenvalue weighted by molar-refractivity contribution is -0.118. The number of rotatable bonds is 8. The maximum Gasteiger partial charge on any atom is 0.238 e. The van der Waals surface area contributed by atoms with Crippen molar-refractivity contribution in [2.24, 2.45) is 0 Å². The predicted molar refractivity (Wildman–Crippen MR) is 119 cm³/mol. The highest BCUT2D eigenvalue weighted by Gasteiger charge is 2.26. The smallest absolute Gasteiger partial charge is 0.238 e. The normalized spacial score (nSPS) is 18.6. The summed E-state index contributed by atoms with van der Waals surface area (Å²) in [5.74, 6) is 0.300. The Bertz CT molecular complexity index is 820. The Morgan fingerprint density at radius 3 is 2.97 bits per heavy atom. The second-order valence-electron chi connectivity index (χ2n) is 7.23. The fourth-order valence-corrected chi connectivity index (χ4v) is 5.14. The highest BCUT2D eigenvalue weighted by molar-refractivity contribution is 7.99. The Kier molecular flexibility index (Phi) is 8.56. The van der Waals surface area contributed by atoms with Gasteiger partial charge in [0, 0.05) is 15.8 Å². The summed E-state index contributed by atoms with van der Waals surface area (Å²) in [7, 11) is 0. The summed E-state index contributed by atoms with van der Waals surface area (Å²) < 4.78 is 0.